The molecule has 0 aliphatic heterocycles. The summed E-state index contributed by atoms with van der Waals surface area (Å²) in [5.41, 5.74) is 4.05. The largest absolute Gasteiger partial charge is 0.424 e. The van der Waals surface area contributed by atoms with Crippen molar-refractivity contribution in [1.82, 2.24) is 0 Å². The van der Waals surface area contributed by atoms with Crippen LogP contribution in [0, 0.1) is 0 Å². The van der Waals surface area contributed by atoms with Crippen molar-refractivity contribution in [3.8, 4) is 5.75 Å². The van der Waals surface area contributed by atoms with E-state index in [9.17, 15) is 9.79 Å². The van der Waals surface area contributed by atoms with Gasteiger partial charge in [0, 0.05) is 11.8 Å². The number of rotatable bonds is 26. The van der Waals surface area contributed by atoms with Gasteiger partial charge in [0.1, 0.15) is 5.75 Å². The minimum absolute atomic E-state index is 0.616. The highest BCUT2D eigenvalue weighted by Gasteiger charge is 2.19. The Balaban J connectivity index is 2.92. The zero-order valence-corrected chi connectivity index (χ0v) is 27.0. The highest BCUT2D eigenvalue weighted by atomic mass is 32.5. The van der Waals surface area contributed by atoms with Crippen LogP contribution in [0.2, 0.25) is 0 Å². The van der Waals surface area contributed by atoms with Crippen molar-refractivity contribution in [3.05, 3.63) is 28.8 Å². The van der Waals surface area contributed by atoms with Gasteiger partial charge in [-0.1, -0.05) is 142 Å². The molecule has 0 unspecified atom stereocenters. The summed E-state index contributed by atoms with van der Waals surface area (Å²) in [6.45, 7) is 3.05. The Hall–Kier alpha value is -0.410. The summed E-state index contributed by atoms with van der Waals surface area (Å²) in [6.07, 6.45) is 30.3. The van der Waals surface area contributed by atoms with Crippen LogP contribution in [-0.2, 0) is 31.1 Å². The zero-order valence-electron chi connectivity index (χ0n) is 25.3. The fourth-order valence-electron chi connectivity index (χ4n) is 5.54. The van der Waals surface area contributed by atoms with Crippen molar-refractivity contribution < 1.29 is 14.3 Å². The topological polar surface area (TPSA) is 49.7 Å². The fraction of sp³-hybridized carbons (Fsp3) is 0.818. The van der Waals surface area contributed by atoms with Gasteiger partial charge in [0.15, 0.2) is 0 Å². The molecular formula is C33H61O3PS. The summed E-state index contributed by atoms with van der Waals surface area (Å²) in [4.78, 5) is 20.0. The van der Waals surface area contributed by atoms with E-state index in [1.165, 1.54) is 145 Å². The molecule has 1 aromatic rings. The first-order valence-electron chi connectivity index (χ1n) is 16.3. The average Bonchev–Trinajstić information content (AvgIpc) is 2.88. The highest BCUT2D eigenvalue weighted by molar-refractivity contribution is 8.06. The van der Waals surface area contributed by atoms with E-state index in [2.05, 4.69) is 26.8 Å². The standard InChI is InChI=1S/C33H61O3PS/c1-4-7-10-13-16-19-22-25-30-28-29-33(36-37(34,35)38)32(27-24-21-18-15-12-9-6-3)31(30)26-23-20-17-14-11-8-5-2/h28-29H,4-27H2,1-3H3,(H2,34,35,38). The van der Waals surface area contributed by atoms with Crippen LogP contribution < -0.4 is 4.52 Å². The van der Waals surface area contributed by atoms with E-state index in [0.29, 0.717) is 5.75 Å². The van der Waals surface area contributed by atoms with Crippen LogP contribution >= 0.6 is 6.72 Å². The van der Waals surface area contributed by atoms with Crippen molar-refractivity contribution in [3.63, 3.8) is 0 Å². The molecule has 0 saturated heterocycles. The van der Waals surface area contributed by atoms with Crippen LogP contribution in [0.15, 0.2) is 12.1 Å². The molecule has 0 aliphatic carbocycles. The Morgan fingerprint density at radius 2 is 0.895 bits per heavy atom. The minimum Gasteiger partial charge on any atom is -0.424 e. The van der Waals surface area contributed by atoms with E-state index < -0.39 is 6.72 Å². The summed E-state index contributed by atoms with van der Waals surface area (Å²) in [5, 5.41) is 0. The summed E-state index contributed by atoms with van der Waals surface area (Å²) in [6, 6.07) is 4.15. The Bertz CT molecular complexity index is 746. The van der Waals surface area contributed by atoms with E-state index in [0.717, 1.165) is 25.7 Å². The number of hydrogen-bond donors (Lipinski definition) is 2. The molecule has 5 heteroatoms. The van der Waals surface area contributed by atoms with Crippen molar-refractivity contribution >= 4 is 18.5 Å². The molecule has 0 saturated carbocycles. The molecular weight excluding hydrogens is 507 g/mol. The second-order valence-electron chi connectivity index (χ2n) is 11.4. The minimum atomic E-state index is -3.76. The number of benzene rings is 1. The van der Waals surface area contributed by atoms with E-state index >= 15 is 0 Å². The van der Waals surface area contributed by atoms with Crippen molar-refractivity contribution in [1.29, 1.82) is 0 Å². The summed E-state index contributed by atoms with van der Waals surface area (Å²) in [5.74, 6) is 0.616. The molecule has 0 spiro atoms. The molecule has 0 heterocycles. The first-order chi connectivity index (χ1) is 18.4. The lowest BCUT2D eigenvalue weighted by molar-refractivity contribution is 0.368. The molecule has 38 heavy (non-hydrogen) atoms. The quantitative estimate of drug-likeness (QED) is 0.0862. The van der Waals surface area contributed by atoms with Gasteiger partial charge < -0.3 is 14.3 Å². The average molecular weight is 569 g/mol. The predicted octanol–water partition coefficient (Wildman–Crippen LogP) is 11.2. The third kappa shape index (κ3) is 18.0. The van der Waals surface area contributed by atoms with Gasteiger partial charge >= 0.3 is 6.72 Å². The van der Waals surface area contributed by atoms with Crippen molar-refractivity contribution in [2.24, 2.45) is 0 Å². The molecule has 222 valence electrons. The molecule has 0 radical (unpaired) electrons. The maximum absolute atomic E-state index is 9.99. The van der Waals surface area contributed by atoms with Gasteiger partial charge in [-0.15, -0.1) is 0 Å². The Kier molecular flexibility index (Phi) is 21.8. The smallest absolute Gasteiger partial charge is 0.375 e. The Morgan fingerprint density at radius 3 is 1.32 bits per heavy atom. The van der Waals surface area contributed by atoms with Gasteiger partial charge in [0.2, 0.25) is 0 Å². The molecule has 0 aliphatic rings. The molecule has 2 N–H and O–H groups in total. The van der Waals surface area contributed by atoms with E-state index in [4.69, 9.17) is 16.3 Å². The first kappa shape index (κ1) is 35.6. The Labute approximate surface area is 241 Å². The summed E-state index contributed by atoms with van der Waals surface area (Å²) < 4.78 is 5.63. The molecule has 0 amide bonds. The van der Waals surface area contributed by atoms with Crippen LogP contribution in [-0.4, -0.2) is 9.79 Å². The molecule has 0 atom stereocenters. The normalized spacial score (nSPS) is 11.8. The van der Waals surface area contributed by atoms with Crippen molar-refractivity contribution in [2.45, 2.75) is 175 Å². The SMILES string of the molecule is CCCCCCCCCc1ccc(OP(O)(O)=S)c(CCCCCCCCC)c1CCCCCCCCC. The monoisotopic (exact) mass is 568 g/mol. The molecule has 3 nitrogen and oxygen atoms in total. The van der Waals surface area contributed by atoms with Crippen LogP contribution in [0.1, 0.15) is 172 Å². The predicted molar refractivity (Wildman–Crippen MR) is 171 cm³/mol. The highest BCUT2D eigenvalue weighted by Crippen LogP contribution is 2.42. The van der Waals surface area contributed by atoms with Gasteiger partial charge in [0.25, 0.3) is 0 Å². The number of aryl methyl sites for hydroxylation is 1. The van der Waals surface area contributed by atoms with E-state index in [-0.39, 0.29) is 0 Å². The van der Waals surface area contributed by atoms with Crippen LogP contribution in [0.5, 0.6) is 5.75 Å². The fourth-order valence-corrected chi connectivity index (χ4v) is 6.21. The van der Waals surface area contributed by atoms with Gasteiger partial charge in [0.05, 0.1) is 0 Å². The molecule has 0 fully saturated rings. The van der Waals surface area contributed by atoms with Gasteiger partial charge in [-0.3, -0.25) is 0 Å². The Morgan fingerprint density at radius 1 is 0.526 bits per heavy atom. The van der Waals surface area contributed by atoms with Crippen LogP contribution in [0.3, 0.4) is 0 Å². The van der Waals surface area contributed by atoms with Gasteiger partial charge in [-0.05, 0) is 61.3 Å². The maximum atomic E-state index is 9.99. The first-order valence-corrected chi connectivity index (χ1v) is 18.9. The molecule has 1 aromatic carbocycles. The van der Waals surface area contributed by atoms with Crippen molar-refractivity contribution in [2.75, 3.05) is 0 Å². The lowest BCUT2D eigenvalue weighted by Crippen LogP contribution is -2.05. The zero-order chi connectivity index (χ0) is 27.9. The second-order valence-corrected chi connectivity index (χ2v) is 14.0. The lowest BCUT2D eigenvalue weighted by atomic mass is 9.89. The van der Waals surface area contributed by atoms with E-state index in [1.54, 1.807) is 0 Å². The summed E-state index contributed by atoms with van der Waals surface area (Å²) in [7, 11) is 0. The van der Waals surface area contributed by atoms with Gasteiger partial charge in [-0.2, -0.15) is 0 Å². The molecule has 1 rings (SSSR count). The summed E-state index contributed by atoms with van der Waals surface area (Å²) >= 11 is 4.88. The van der Waals surface area contributed by atoms with Gasteiger partial charge in [-0.25, -0.2) is 0 Å². The molecule has 0 aromatic heterocycles. The van der Waals surface area contributed by atoms with E-state index in [1.807, 2.05) is 6.07 Å². The third-order valence-electron chi connectivity index (χ3n) is 7.81. The number of hydrogen-bond acceptors (Lipinski definition) is 2. The molecule has 0 bridgehead atoms. The number of unbranched alkanes of at least 4 members (excludes halogenated alkanes) is 18. The third-order valence-corrected chi connectivity index (χ3v) is 8.47. The van der Waals surface area contributed by atoms with Crippen LogP contribution in [0.25, 0.3) is 0 Å². The maximum Gasteiger partial charge on any atom is 0.375 e. The van der Waals surface area contributed by atoms with Crippen LogP contribution in [0.4, 0.5) is 0 Å². The lowest BCUT2D eigenvalue weighted by Gasteiger charge is -2.21. The second kappa shape index (κ2) is 23.3.